The maximum absolute atomic E-state index is 10.8. The van der Waals surface area contributed by atoms with E-state index >= 15 is 0 Å². The number of rotatable bonds is 5. The molecule has 13 heavy (non-hydrogen) atoms. The van der Waals surface area contributed by atoms with E-state index in [1.807, 2.05) is 0 Å². The minimum Gasteiger partial charge on any atom is -0.367 e. The van der Waals surface area contributed by atoms with E-state index in [4.69, 9.17) is 4.55 Å². The summed E-state index contributed by atoms with van der Waals surface area (Å²) in [4.78, 5) is 15.3. The van der Waals surface area contributed by atoms with Crippen LogP contribution in [0.3, 0.4) is 0 Å². The minimum atomic E-state index is -1.90. The molecule has 0 aliphatic heterocycles. The summed E-state index contributed by atoms with van der Waals surface area (Å²) in [7, 11) is 0. The van der Waals surface area contributed by atoms with Crippen LogP contribution in [0, 0.1) is 0 Å². The van der Waals surface area contributed by atoms with Gasteiger partial charge in [-0.25, -0.2) is 9.00 Å². The molecule has 6 heteroatoms. The fraction of sp³-hybridized carbons (Fsp3) is 0.571. The Morgan fingerprint density at radius 3 is 2.69 bits per heavy atom. The zero-order valence-corrected chi connectivity index (χ0v) is 8.39. The molecule has 5 nitrogen and oxygen atoms in total. The van der Waals surface area contributed by atoms with E-state index in [2.05, 4.69) is 16.9 Å². The second-order valence-corrected chi connectivity index (χ2v) is 3.65. The molecule has 0 saturated heterocycles. The average molecular weight is 207 g/mol. The molecule has 0 aliphatic carbocycles. The first kappa shape index (κ1) is 12.3. The second kappa shape index (κ2) is 5.85. The van der Waals surface area contributed by atoms with Crippen LogP contribution in [0.4, 0.5) is 0 Å². The van der Waals surface area contributed by atoms with Gasteiger partial charge in [0.25, 0.3) is 0 Å². The van der Waals surface area contributed by atoms with E-state index in [0.717, 1.165) is 0 Å². The molecule has 0 fully saturated rings. The van der Waals surface area contributed by atoms with E-state index in [1.54, 1.807) is 6.92 Å². The zero-order chi connectivity index (χ0) is 10.4. The SMILES string of the molecule is C=C(C)C(=O)ONC(C)CS(=O)O. The van der Waals surface area contributed by atoms with Crippen LogP contribution < -0.4 is 5.48 Å². The molecule has 0 aromatic carbocycles. The second-order valence-electron chi connectivity index (χ2n) is 2.68. The van der Waals surface area contributed by atoms with Crippen molar-refractivity contribution in [3.63, 3.8) is 0 Å². The van der Waals surface area contributed by atoms with Crippen LogP contribution in [-0.2, 0) is 20.7 Å². The number of hydrogen-bond donors (Lipinski definition) is 2. The Kier molecular flexibility index (Phi) is 5.52. The van der Waals surface area contributed by atoms with Crippen LogP contribution in [0.25, 0.3) is 0 Å². The Morgan fingerprint density at radius 2 is 2.31 bits per heavy atom. The maximum Gasteiger partial charge on any atom is 0.351 e. The Bertz CT molecular complexity index is 229. The van der Waals surface area contributed by atoms with Crippen molar-refractivity contribution >= 4 is 17.0 Å². The first-order valence-electron chi connectivity index (χ1n) is 3.63. The van der Waals surface area contributed by atoms with Crippen LogP contribution in [0.1, 0.15) is 13.8 Å². The molecule has 0 aromatic rings. The van der Waals surface area contributed by atoms with Crippen molar-refractivity contribution in [2.45, 2.75) is 19.9 Å². The third-order valence-electron chi connectivity index (χ3n) is 1.09. The summed E-state index contributed by atoms with van der Waals surface area (Å²) < 4.78 is 18.8. The summed E-state index contributed by atoms with van der Waals surface area (Å²) in [5, 5.41) is 0. The van der Waals surface area contributed by atoms with Gasteiger partial charge in [-0.1, -0.05) is 6.58 Å². The monoisotopic (exact) mass is 207 g/mol. The predicted octanol–water partition coefficient (Wildman–Crippen LogP) is 0.221. The van der Waals surface area contributed by atoms with Gasteiger partial charge in [-0.15, -0.1) is 5.48 Å². The smallest absolute Gasteiger partial charge is 0.351 e. The summed E-state index contributed by atoms with van der Waals surface area (Å²) in [5.41, 5.74) is 2.60. The van der Waals surface area contributed by atoms with Gasteiger partial charge in [0.1, 0.15) is 0 Å². The number of carbonyl (C=O) groups excluding carboxylic acids is 1. The van der Waals surface area contributed by atoms with E-state index in [0.29, 0.717) is 0 Å². The lowest BCUT2D eigenvalue weighted by Crippen LogP contribution is -2.33. The zero-order valence-electron chi connectivity index (χ0n) is 7.57. The lowest BCUT2D eigenvalue weighted by Gasteiger charge is -2.10. The molecule has 0 radical (unpaired) electrons. The lowest BCUT2D eigenvalue weighted by atomic mass is 10.4. The van der Waals surface area contributed by atoms with Gasteiger partial charge in [0.2, 0.25) is 0 Å². The molecule has 0 saturated carbocycles. The van der Waals surface area contributed by atoms with Gasteiger partial charge in [0.05, 0.1) is 11.8 Å². The third-order valence-corrected chi connectivity index (χ3v) is 1.88. The van der Waals surface area contributed by atoms with E-state index in [1.165, 1.54) is 6.92 Å². The number of hydrogen-bond acceptors (Lipinski definition) is 4. The molecule has 0 aliphatic rings. The fourth-order valence-corrected chi connectivity index (χ4v) is 0.985. The highest BCUT2D eigenvalue weighted by Gasteiger charge is 2.08. The molecule has 0 aromatic heterocycles. The maximum atomic E-state index is 10.8. The predicted molar refractivity (Wildman–Crippen MR) is 49.1 cm³/mol. The van der Waals surface area contributed by atoms with E-state index in [9.17, 15) is 9.00 Å². The van der Waals surface area contributed by atoms with Crippen molar-refractivity contribution in [1.82, 2.24) is 5.48 Å². The van der Waals surface area contributed by atoms with Gasteiger partial charge in [0, 0.05) is 5.57 Å². The Morgan fingerprint density at radius 1 is 1.77 bits per heavy atom. The van der Waals surface area contributed by atoms with Crippen LogP contribution in [0.2, 0.25) is 0 Å². The average Bonchev–Trinajstić information content (AvgIpc) is 1.98. The molecule has 2 N–H and O–H groups in total. The molecule has 76 valence electrons. The van der Waals surface area contributed by atoms with Crippen LogP contribution in [0.5, 0.6) is 0 Å². The van der Waals surface area contributed by atoms with Crippen molar-refractivity contribution in [3.8, 4) is 0 Å². The van der Waals surface area contributed by atoms with Crippen molar-refractivity contribution < 1.29 is 18.4 Å². The first-order valence-corrected chi connectivity index (χ1v) is 4.90. The third kappa shape index (κ3) is 6.44. The van der Waals surface area contributed by atoms with Gasteiger partial charge in [-0.2, -0.15) is 0 Å². The van der Waals surface area contributed by atoms with Crippen LogP contribution in [0.15, 0.2) is 12.2 Å². The van der Waals surface area contributed by atoms with Gasteiger partial charge in [0.15, 0.2) is 11.1 Å². The Hall–Kier alpha value is -0.720. The molecule has 2 unspecified atom stereocenters. The van der Waals surface area contributed by atoms with E-state index < -0.39 is 17.0 Å². The molecule has 0 heterocycles. The first-order chi connectivity index (χ1) is 5.93. The Labute approximate surface area is 79.4 Å². The standard InChI is InChI=1S/C7H13NO4S/c1-5(2)7(9)12-8-6(3)4-13(10)11/h6,8H,1,4H2,2-3H3,(H,10,11). The largest absolute Gasteiger partial charge is 0.367 e. The molecule has 2 atom stereocenters. The van der Waals surface area contributed by atoms with Gasteiger partial charge < -0.3 is 9.39 Å². The summed E-state index contributed by atoms with van der Waals surface area (Å²) in [6, 6.07) is -0.367. The molecule has 0 rings (SSSR count). The summed E-state index contributed by atoms with van der Waals surface area (Å²) >= 11 is -1.90. The summed E-state index contributed by atoms with van der Waals surface area (Å²) in [6.07, 6.45) is 0. The summed E-state index contributed by atoms with van der Waals surface area (Å²) in [6.45, 7) is 6.51. The fourth-order valence-electron chi connectivity index (χ4n) is 0.489. The van der Waals surface area contributed by atoms with Crippen molar-refractivity contribution in [2.75, 3.05) is 5.75 Å². The van der Waals surface area contributed by atoms with E-state index in [-0.39, 0.29) is 17.4 Å². The van der Waals surface area contributed by atoms with Crippen molar-refractivity contribution in [3.05, 3.63) is 12.2 Å². The number of nitrogens with one attached hydrogen (secondary N) is 1. The summed E-state index contributed by atoms with van der Waals surface area (Å²) in [5.74, 6) is -0.570. The molecule has 0 bridgehead atoms. The normalized spacial score (nSPS) is 14.7. The topological polar surface area (TPSA) is 75.6 Å². The van der Waals surface area contributed by atoms with Gasteiger partial charge in [-0.05, 0) is 13.8 Å². The minimum absolute atomic E-state index is 0.00344. The lowest BCUT2D eigenvalue weighted by molar-refractivity contribution is -0.147. The van der Waals surface area contributed by atoms with Crippen LogP contribution >= 0.6 is 0 Å². The molecule has 0 spiro atoms. The number of carbonyl (C=O) groups is 1. The molecular formula is C7H13NO4S. The van der Waals surface area contributed by atoms with Crippen molar-refractivity contribution in [1.29, 1.82) is 0 Å². The van der Waals surface area contributed by atoms with Gasteiger partial charge >= 0.3 is 5.97 Å². The molecule has 0 amide bonds. The highest BCUT2D eigenvalue weighted by molar-refractivity contribution is 7.79. The highest BCUT2D eigenvalue weighted by atomic mass is 32.2. The number of hydroxylamine groups is 1. The molecular weight excluding hydrogens is 194 g/mol. The highest BCUT2D eigenvalue weighted by Crippen LogP contribution is 1.91. The van der Waals surface area contributed by atoms with Crippen molar-refractivity contribution in [2.24, 2.45) is 0 Å². The Balaban J connectivity index is 3.70. The van der Waals surface area contributed by atoms with Gasteiger partial charge in [-0.3, -0.25) is 0 Å². The quantitative estimate of drug-likeness (QED) is 0.383. The van der Waals surface area contributed by atoms with Crippen LogP contribution in [-0.4, -0.2) is 26.5 Å².